The van der Waals surface area contributed by atoms with E-state index in [4.69, 9.17) is 28.9 Å². The van der Waals surface area contributed by atoms with E-state index in [9.17, 15) is 0 Å². The summed E-state index contributed by atoms with van der Waals surface area (Å²) in [4.78, 5) is 1.07. The smallest absolute Gasteiger partial charge is 0.0544 e. The topological polar surface area (TPSA) is 26.0 Å². The first-order valence-corrected chi connectivity index (χ1v) is 8.74. The molecule has 21 heavy (non-hydrogen) atoms. The van der Waals surface area contributed by atoms with Crippen molar-refractivity contribution < 1.29 is 0 Å². The van der Waals surface area contributed by atoms with Crippen molar-refractivity contribution in [2.24, 2.45) is 5.73 Å². The Labute approximate surface area is 140 Å². The summed E-state index contributed by atoms with van der Waals surface area (Å²) < 4.78 is 0. The molecule has 0 amide bonds. The molecule has 4 heteroatoms. The lowest BCUT2D eigenvalue weighted by molar-refractivity contribution is 0.646. The van der Waals surface area contributed by atoms with E-state index in [1.165, 1.54) is 5.56 Å². The summed E-state index contributed by atoms with van der Waals surface area (Å²) in [5.41, 5.74) is 8.30. The molecule has 0 fully saturated rings. The first-order chi connectivity index (χ1) is 10.1. The highest BCUT2D eigenvalue weighted by atomic mass is 35.5. The van der Waals surface area contributed by atoms with Crippen LogP contribution in [0.15, 0.2) is 47.4 Å². The van der Waals surface area contributed by atoms with E-state index in [0.29, 0.717) is 0 Å². The summed E-state index contributed by atoms with van der Waals surface area (Å²) in [6, 6.07) is 14.3. The first-order valence-electron chi connectivity index (χ1n) is 7.00. The lowest BCUT2D eigenvalue weighted by Gasteiger charge is -2.11. The van der Waals surface area contributed by atoms with Gasteiger partial charge in [-0.1, -0.05) is 54.4 Å². The highest BCUT2D eigenvalue weighted by molar-refractivity contribution is 7.98. The normalized spacial score (nSPS) is 12.4. The Morgan fingerprint density at radius 1 is 1.10 bits per heavy atom. The van der Waals surface area contributed by atoms with Crippen LogP contribution in [0.4, 0.5) is 0 Å². The van der Waals surface area contributed by atoms with Gasteiger partial charge in [0.25, 0.3) is 0 Å². The number of nitrogens with two attached hydrogens (primary N) is 1. The van der Waals surface area contributed by atoms with Crippen molar-refractivity contribution in [2.75, 3.05) is 0 Å². The Bertz CT molecular complexity index is 601. The van der Waals surface area contributed by atoms with Crippen LogP contribution in [0.25, 0.3) is 0 Å². The second kappa shape index (κ2) is 8.09. The Kier molecular flexibility index (Phi) is 6.43. The van der Waals surface area contributed by atoms with Crippen molar-refractivity contribution in [3.05, 3.63) is 63.6 Å². The van der Waals surface area contributed by atoms with Crippen LogP contribution in [-0.2, 0) is 12.2 Å². The highest BCUT2D eigenvalue weighted by Gasteiger charge is 2.07. The molecule has 1 nitrogen and oxygen atoms in total. The fourth-order valence-corrected chi connectivity index (χ4v) is 3.58. The van der Waals surface area contributed by atoms with E-state index >= 15 is 0 Å². The molecular weight excluding hydrogens is 321 g/mol. The standard InChI is InChI=1S/C17H19Cl2NS/c1-2-14(20)9-12-7-8-17(16(19)10-12)21-11-13-5-3-4-6-15(13)18/h3-8,10,14H,2,9,11,20H2,1H3. The third-order valence-electron chi connectivity index (χ3n) is 3.36. The van der Waals surface area contributed by atoms with Gasteiger partial charge in [-0.3, -0.25) is 0 Å². The average molecular weight is 340 g/mol. The van der Waals surface area contributed by atoms with Crippen molar-refractivity contribution in [2.45, 2.75) is 36.5 Å². The van der Waals surface area contributed by atoms with Gasteiger partial charge in [-0.05, 0) is 42.2 Å². The van der Waals surface area contributed by atoms with Gasteiger partial charge in [0.05, 0.1) is 5.02 Å². The second-order valence-corrected chi connectivity index (χ2v) is 6.85. The van der Waals surface area contributed by atoms with Crippen molar-refractivity contribution >= 4 is 35.0 Å². The minimum atomic E-state index is 0.197. The predicted molar refractivity (Wildman–Crippen MR) is 94.4 cm³/mol. The molecule has 112 valence electrons. The lowest BCUT2D eigenvalue weighted by atomic mass is 10.1. The number of halogens is 2. The maximum Gasteiger partial charge on any atom is 0.0544 e. The van der Waals surface area contributed by atoms with Gasteiger partial charge in [-0.2, -0.15) is 0 Å². The molecule has 0 aliphatic carbocycles. The van der Waals surface area contributed by atoms with Gasteiger partial charge >= 0.3 is 0 Å². The molecule has 0 heterocycles. The molecule has 0 aliphatic heterocycles. The van der Waals surface area contributed by atoms with Gasteiger partial charge in [0.1, 0.15) is 0 Å². The monoisotopic (exact) mass is 339 g/mol. The number of benzene rings is 2. The summed E-state index contributed by atoms with van der Waals surface area (Å²) in [5, 5.41) is 1.58. The predicted octanol–water partition coefficient (Wildman–Crippen LogP) is 5.57. The molecule has 1 unspecified atom stereocenters. The van der Waals surface area contributed by atoms with Crippen LogP contribution in [0.2, 0.25) is 10.0 Å². The molecule has 2 aromatic rings. The summed E-state index contributed by atoms with van der Waals surface area (Å²) in [5.74, 6) is 0.813. The minimum Gasteiger partial charge on any atom is -0.327 e. The van der Waals surface area contributed by atoms with Gasteiger partial charge in [-0.15, -0.1) is 11.8 Å². The van der Waals surface area contributed by atoms with Gasteiger partial charge in [0.2, 0.25) is 0 Å². The minimum absolute atomic E-state index is 0.197. The van der Waals surface area contributed by atoms with Crippen molar-refractivity contribution in [3.8, 4) is 0 Å². The van der Waals surface area contributed by atoms with Crippen molar-refractivity contribution in [3.63, 3.8) is 0 Å². The quantitative estimate of drug-likeness (QED) is 0.696. The number of hydrogen-bond acceptors (Lipinski definition) is 2. The zero-order valence-electron chi connectivity index (χ0n) is 12.0. The first kappa shape index (κ1) is 16.7. The van der Waals surface area contributed by atoms with Crippen LogP contribution in [-0.4, -0.2) is 6.04 Å². The molecule has 0 bridgehead atoms. The summed E-state index contributed by atoms with van der Waals surface area (Å²) >= 11 is 14.2. The zero-order chi connectivity index (χ0) is 15.2. The molecule has 2 rings (SSSR count). The molecule has 0 spiro atoms. The van der Waals surface area contributed by atoms with E-state index in [2.05, 4.69) is 19.1 Å². The van der Waals surface area contributed by atoms with E-state index in [1.54, 1.807) is 11.8 Å². The Morgan fingerprint density at radius 3 is 2.52 bits per heavy atom. The SMILES string of the molecule is CCC(N)Cc1ccc(SCc2ccccc2Cl)c(Cl)c1. The summed E-state index contributed by atoms with van der Waals surface area (Å²) in [6.07, 6.45) is 1.84. The lowest BCUT2D eigenvalue weighted by Crippen LogP contribution is -2.21. The molecule has 0 aliphatic rings. The fourth-order valence-electron chi connectivity index (χ4n) is 2.01. The largest absolute Gasteiger partial charge is 0.327 e. The number of thioether (sulfide) groups is 1. The molecule has 0 aromatic heterocycles. The maximum absolute atomic E-state index is 6.37. The van der Waals surface area contributed by atoms with Crippen molar-refractivity contribution in [1.29, 1.82) is 0 Å². The molecule has 0 radical (unpaired) electrons. The third-order valence-corrected chi connectivity index (χ3v) is 5.28. The van der Waals surface area contributed by atoms with Gasteiger partial charge < -0.3 is 5.73 Å². The maximum atomic E-state index is 6.37. The van der Waals surface area contributed by atoms with Gasteiger partial charge in [0, 0.05) is 21.7 Å². The second-order valence-electron chi connectivity index (χ2n) is 5.02. The van der Waals surface area contributed by atoms with E-state index in [1.807, 2.05) is 30.3 Å². The van der Waals surface area contributed by atoms with Gasteiger partial charge in [-0.25, -0.2) is 0 Å². The Morgan fingerprint density at radius 2 is 1.86 bits per heavy atom. The Hall–Kier alpha value is -0.670. The molecule has 0 saturated carbocycles. The third kappa shape index (κ3) is 4.93. The van der Waals surface area contributed by atoms with Crippen LogP contribution >= 0.6 is 35.0 Å². The van der Waals surface area contributed by atoms with Crippen LogP contribution < -0.4 is 5.73 Å². The van der Waals surface area contributed by atoms with Crippen molar-refractivity contribution in [1.82, 2.24) is 0 Å². The summed E-state index contributed by atoms with van der Waals surface area (Å²) in [6.45, 7) is 2.10. The van der Waals surface area contributed by atoms with Crippen LogP contribution in [0.3, 0.4) is 0 Å². The highest BCUT2D eigenvalue weighted by Crippen LogP contribution is 2.32. The van der Waals surface area contributed by atoms with Crippen LogP contribution in [0.1, 0.15) is 24.5 Å². The number of rotatable bonds is 6. The summed E-state index contributed by atoms with van der Waals surface area (Å²) in [7, 11) is 0. The van der Waals surface area contributed by atoms with E-state index in [0.717, 1.165) is 39.1 Å². The zero-order valence-corrected chi connectivity index (χ0v) is 14.3. The van der Waals surface area contributed by atoms with E-state index in [-0.39, 0.29) is 6.04 Å². The van der Waals surface area contributed by atoms with Crippen LogP contribution in [0.5, 0.6) is 0 Å². The molecule has 0 saturated heterocycles. The van der Waals surface area contributed by atoms with Gasteiger partial charge in [0.15, 0.2) is 0 Å². The fraction of sp³-hybridized carbons (Fsp3) is 0.294. The molecule has 2 aromatic carbocycles. The van der Waals surface area contributed by atoms with E-state index < -0.39 is 0 Å². The molecule has 2 N–H and O–H groups in total. The Balaban J connectivity index is 2.03. The van der Waals surface area contributed by atoms with Crippen LogP contribution in [0, 0.1) is 0 Å². The molecule has 1 atom stereocenters. The average Bonchev–Trinajstić information content (AvgIpc) is 2.48. The molecular formula is C17H19Cl2NS. The number of hydrogen-bond donors (Lipinski definition) is 1.